The van der Waals surface area contributed by atoms with Gasteiger partial charge in [0.05, 0.1) is 5.69 Å². The number of anilines is 1. The van der Waals surface area contributed by atoms with Crippen molar-refractivity contribution in [2.45, 2.75) is 20.4 Å². The molecular weight excluding hydrogens is 304 g/mol. The Morgan fingerprint density at radius 2 is 2.19 bits per heavy atom. The van der Waals surface area contributed by atoms with Crippen LogP contribution < -0.4 is 10.2 Å². The quantitative estimate of drug-likeness (QED) is 0.909. The first kappa shape index (κ1) is 15.0. The number of thiazole rings is 1. The number of imidazole rings is 1. The van der Waals surface area contributed by atoms with E-state index in [1.165, 1.54) is 5.69 Å². The van der Waals surface area contributed by atoms with E-state index in [9.17, 15) is 4.21 Å². The van der Waals surface area contributed by atoms with Gasteiger partial charge in [-0.3, -0.25) is 8.61 Å². The normalized spacial score (nSPS) is 17.2. The molecule has 3 rings (SSSR count). The standard InChI is InChI=1S/C14H22N4OS2/c1-11(2)9-15-10-12-13(16-14-18(12)3-6-20-14)17-4-7-21(19)8-5-17/h3,6,11,15H,4-5,7-10H2,1-2H3. The molecule has 2 aromatic heterocycles. The van der Waals surface area contributed by atoms with Crippen molar-refractivity contribution in [1.82, 2.24) is 14.7 Å². The van der Waals surface area contributed by atoms with Crippen LogP contribution in [0.3, 0.4) is 0 Å². The van der Waals surface area contributed by atoms with E-state index in [4.69, 9.17) is 4.98 Å². The summed E-state index contributed by atoms with van der Waals surface area (Å²) in [6.07, 6.45) is 2.09. The summed E-state index contributed by atoms with van der Waals surface area (Å²) in [4.78, 5) is 8.11. The van der Waals surface area contributed by atoms with E-state index < -0.39 is 10.8 Å². The summed E-state index contributed by atoms with van der Waals surface area (Å²) < 4.78 is 13.7. The van der Waals surface area contributed by atoms with Gasteiger partial charge in [0.15, 0.2) is 10.8 Å². The number of hydrogen-bond acceptors (Lipinski definition) is 5. The first-order valence-electron chi connectivity index (χ1n) is 7.40. The van der Waals surface area contributed by atoms with Crippen LogP contribution in [-0.4, -0.2) is 44.7 Å². The van der Waals surface area contributed by atoms with Gasteiger partial charge in [-0.1, -0.05) is 13.8 Å². The van der Waals surface area contributed by atoms with E-state index in [1.807, 2.05) is 0 Å². The molecule has 7 heteroatoms. The highest BCUT2D eigenvalue weighted by Gasteiger charge is 2.22. The van der Waals surface area contributed by atoms with E-state index in [-0.39, 0.29) is 0 Å². The summed E-state index contributed by atoms with van der Waals surface area (Å²) in [5.41, 5.74) is 1.22. The van der Waals surface area contributed by atoms with E-state index in [2.05, 4.69) is 40.0 Å². The molecule has 0 amide bonds. The Labute approximate surface area is 131 Å². The molecule has 0 radical (unpaired) electrons. The minimum Gasteiger partial charge on any atom is -0.353 e. The molecule has 0 aliphatic carbocycles. The molecule has 1 N–H and O–H groups in total. The summed E-state index contributed by atoms with van der Waals surface area (Å²) in [7, 11) is -0.650. The van der Waals surface area contributed by atoms with Gasteiger partial charge < -0.3 is 10.2 Å². The van der Waals surface area contributed by atoms with Crippen molar-refractivity contribution in [2.75, 3.05) is 36.0 Å². The fraction of sp³-hybridized carbons (Fsp3) is 0.643. The van der Waals surface area contributed by atoms with Crippen LogP contribution in [0.4, 0.5) is 5.82 Å². The zero-order valence-electron chi connectivity index (χ0n) is 12.5. The predicted octanol–water partition coefficient (Wildman–Crippen LogP) is 1.71. The number of aromatic nitrogens is 2. The fourth-order valence-electron chi connectivity index (χ4n) is 2.57. The van der Waals surface area contributed by atoms with Crippen LogP contribution in [0.25, 0.3) is 4.96 Å². The average Bonchev–Trinajstić information content (AvgIpc) is 3.01. The number of nitrogens with one attached hydrogen (secondary N) is 1. The van der Waals surface area contributed by atoms with Gasteiger partial charge in [0, 0.05) is 53.5 Å². The van der Waals surface area contributed by atoms with E-state index >= 15 is 0 Å². The first-order chi connectivity index (χ1) is 10.1. The van der Waals surface area contributed by atoms with Gasteiger partial charge in [-0.25, -0.2) is 4.98 Å². The molecule has 3 heterocycles. The second-order valence-corrected chi connectivity index (χ2v) is 8.37. The third-order valence-electron chi connectivity index (χ3n) is 3.66. The third kappa shape index (κ3) is 3.30. The van der Waals surface area contributed by atoms with Crippen LogP contribution >= 0.6 is 11.3 Å². The highest BCUT2D eigenvalue weighted by molar-refractivity contribution is 7.85. The highest BCUT2D eigenvalue weighted by atomic mass is 32.2. The zero-order chi connectivity index (χ0) is 14.8. The minimum absolute atomic E-state index is 0.636. The predicted molar refractivity (Wildman–Crippen MR) is 89.7 cm³/mol. The molecule has 0 unspecified atom stereocenters. The minimum atomic E-state index is -0.650. The second-order valence-electron chi connectivity index (χ2n) is 5.80. The van der Waals surface area contributed by atoms with Crippen LogP contribution in [0.15, 0.2) is 11.6 Å². The van der Waals surface area contributed by atoms with Crippen LogP contribution in [0.5, 0.6) is 0 Å². The molecule has 0 aromatic carbocycles. The first-order valence-corrected chi connectivity index (χ1v) is 9.77. The molecule has 1 fully saturated rings. The Morgan fingerprint density at radius 3 is 2.90 bits per heavy atom. The van der Waals surface area contributed by atoms with Crippen molar-refractivity contribution in [1.29, 1.82) is 0 Å². The van der Waals surface area contributed by atoms with Crippen LogP contribution in [-0.2, 0) is 17.3 Å². The lowest BCUT2D eigenvalue weighted by molar-refractivity contribution is 0.546. The number of fused-ring (bicyclic) bond motifs is 1. The highest BCUT2D eigenvalue weighted by Crippen LogP contribution is 2.25. The Morgan fingerprint density at radius 1 is 1.43 bits per heavy atom. The maximum absolute atomic E-state index is 11.5. The number of hydrogen-bond donors (Lipinski definition) is 1. The molecule has 21 heavy (non-hydrogen) atoms. The molecule has 0 saturated carbocycles. The number of nitrogens with zero attached hydrogens (tertiary/aromatic N) is 3. The molecule has 1 saturated heterocycles. The lowest BCUT2D eigenvalue weighted by atomic mass is 10.2. The second kappa shape index (κ2) is 6.46. The molecule has 5 nitrogen and oxygen atoms in total. The molecule has 1 aliphatic heterocycles. The third-order valence-corrected chi connectivity index (χ3v) is 5.69. The maximum atomic E-state index is 11.5. The molecule has 0 bridgehead atoms. The van der Waals surface area contributed by atoms with E-state index in [0.717, 1.165) is 48.5 Å². The van der Waals surface area contributed by atoms with E-state index in [1.54, 1.807) is 11.3 Å². The maximum Gasteiger partial charge on any atom is 0.195 e. The van der Waals surface area contributed by atoms with Crippen molar-refractivity contribution >= 4 is 32.9 Å². The van der Waals surface area contributed by atoms with Gasteiger partial charge in [-0.05, 0) is 12.5 Å². The van der Waals surface area contributed by atoms with Gasteiger partial charge in [-0.2, -0.15) is 0 Å². The summed E-state index contributed by atoms with van der Waals surface area (Å²) in [5.74, 6) is 3.21. The largest absolute Gasteiger partial charge is 0.353 e. The average molecular weight is 326 g/mol. The Hall–Kier alpha value is -0.920. The SMILES string of the molecule is CC(C)CNCc1c(N2CCS(=O)CC2)nc2sccn12. The summed E-state index contributed by atoms with van der Waals surface area (Å²) >= 11 is 1.66. The van der Waals surface area contributed by atoms with Gasteiger partial charge >= 0.3 is 0 Å². The smallest absolute Gasteiger partial charge is 0.195 e. The summed E-state index contributed by atoms with van der Waals surface area (Å²) in [6.45, 7) is 7.93. The van der Waals surface area contributed by atoms with Gasteiger partial charge in [-0.15, -0.1) is 11.3 Å². The Kier molecular flexibility index (Phi) is 4.61. The van der Waals surface area contributed by atoms with Gasteiger partial charge in [0.1, 0.15) is 0 Å². The molecule has 0 spiro atoms. The van der Waals surface area contributed by atoms with Crippen molar-refractivity contribution in [3.8, 4) is 0 Å². The Balaban J connectivity index is 1.83. The van der Waals surface area contributed by atoms with Crippen molar-refractivity contribution in [3.63, 3.8) is 0 Å². The molecule has 116 valence electrons. The van der Waals surface area contributed by atoms with Gasteiger partial charge in [0.2, 0.25) is 0 Å². The molecule has 2 aromatic rings. The Bertz CT molecular complexity index is 624. The number of rotatable bonds is 5. The monoisotopic (exact) mass is 326 g/mol. The van der Waals surface area contributed by atoms with Crippen molar-refractivity contribution in [2.24, 2.45) is 5.92 Å². The van der Waals surface area contributed by atoms with Crippen molar-refractivity contribution in [3.05, 3.63) is 17.3 Å². The van der Waals surface area contributed by atoms with E-state index in [0.29, 0.717) is 5.92 Å². The lowest BCUT2D eigenvalue weighted by Gasteiger charge is -2.27. The van der Waals surface area contributed by atoms with Crippen LogP contribution in [0, 0.1) is 5.92 Å². The molecular formula is C14H22N4OS2. The van der Waals surface area contributed by atoms with Crippen molar-refractivity contribution < 1.29 is 4.21 Å². The van der Waals surface area contributed by atoms with Crippen LogP contribution in [0.1, 0.15) is 19.5 Å². The molecule has 0 atom stereocenters. The van der Waals surface area contributed by atoms with Gasteiger partial charge in [0.25, 0.3) is 0 Å². The summed E-state index contributed by atoms with van der Waals surface area (Å²) in [5, 5.41) is 5.59. The summed E-state index contributed by atoms with van der Waals surface area (Å²) in [6, 6.07) is 0. The fourth-order valence-corrected chi connectivity index (χ4v) is 4.35. The van der Waals surface area contributed by atoms with Crippen LogP contribution in [0.2, 0.25) is 0 Å². The lowest BCUT2D eigenvalue weighted by Crippen LogP contribution is -2.38. The topological polar surface area (TPSA) is 49.6 Å². The molecule has 1 aliphatic rings. The zero-order valence-corrected chi connectivity index (χ0v) is 14.2.